The van der Waals surface area contributed by atoms with Gasteiger partial charge in [0.2, 0.25) is 0 Å². The Labute approximate surface area is 217 Å². The quantitative estimate of drug-likeness (QED) is 0.227. The van der Waals surface area contributed by atoms with E-state index in [1.54, 1.807) is 0 Å². The van der Waals surface area contributed by atoms with Crippen LogP contribution in [0.2, 0.25) is 0 Å². The molecule has 0 bridgehead atoms. The third-order valence-corrected chi connectivity index (χ3v) is 9.29. The fourth-order valence-corrected chi connectivity index (χ4v) is 7.03. The Morgan fingerprint density at radius 2 is 1.35 bits per heavy atom. The molecule has 2 heterocycles. The molecule has 4 heteroatoms. The molecule has 1 aromatic rings. The molecule has 0 amide bonds. The largest absolute Gasteiger partial charge is 0.496 e. The van der Waals surface area contributed by atoms with Gasteiger partial charge in [0, 0.05) is 5.22 Å². The molecule has 0 aromatic carbocycles. The van der Waals surface area contributed by atoms with Gasteiger partial charge in [0.15, 0.2) is 0 Å². The van der Waals surface area contributed by atoms with Crippen molar-refractivity contribution in [1.82, 2.24) is 0 Å². The number of hydrogen-bond donors (Lipinski definition) is 0. The molecule has 1 aliphatic heterocycles. The predicted octanol–water partition coefficient (Wildman–Crippen LogP) is 7.96. The second-order valence-electron chi connectivity index (χ2n) is 11.4. The first-order chi connectivity index (χ1) is 16.4. The number of fused-ring (bicyclic) bond motifs is 2. The number of rotatable bonds is 16. The van der Waals surface area contributed by atoms with Crippen molar-refractivity contribution < 1.29 is 9.47 Å². The zero-order valence-corrected chi connectivity index (χ0v) is 24.1. The van der Waals surface area contributed by atoms with Crippen LogP contribution >= 0.6 is 23.1 Å². The van der Waals surface area contributed by atoms with Gasteiger partial charge < -0.3 is 9.47 Å². The molecular formula is C30H48O2S2. The third-order valence-electron chi connectivity index (χ3n) is 7.25. The van der Waals surface area contributed by atoms with Crippen molar-refractivity contribution >= 4 is 34.6 Å². The topological polar surface area (TPSA) is 18.5 Å². The van der Waals surface area contributed by atoms with Gasteiger partial charge in [-0.15, -0.1) is 23.1 Å². The van der Waals surface area contributed by atoms with E-state index >= 15 is 0 Å². The van der Waals surface area contributed by atoms with Crippen LogP contribution in [0.4, 0.5) is 0 Å². The van der Waals surface area contributed by atoms with Crippen molar-refractivity contribution in [2.45, 2.75) is 98.2 Å². The Hall–Kier alpha value is -0.870. The van der Waals surface area contributed by atoms with Gasteiger partial charge in [-0.1, -0.05) is 86.1 Å². The van der Waals surface area contributed by atoms with Gasteiger partial charge in [-0.3, -0.25) is 0 Å². The van der Waals surface area contributed by atoms with E-state index in [0.29, 0.717) is 11.2 Å². The van der Waals surface area contributed by atoms with Gasteiger partial charge in [-0.05, 0) is 53.4 Å². The summed E-state index contributed by atoms with van der Waals surface area (Å²) in [4.78, 5) is 0. The lowest BCUT2D eigenvalue weighted by Gasteiger charge is -2.28. The van der Waals surface area contributed by atoms with Crippen LogP contribution < -0.4 is 9.75 Å². The summed E-state index contributed by atoms with van der Waals surface area (Å²) in [6, 6.07) is 2.24. The normalized spacial score (nSPS) is 21.2. The molecule has 1 aliphatic carbocycles. The van der Waals surface area contributed by atoms with Gasteiger partial charge in [-0.2, -0.15) is 0 Å². The van der Waals surface area contributed by atoms with Gasteiger partial charge in [0.1, 0.15) is 11.5 Å². The van der Waals surface area contributed by atoms with Crippen molar-refractivity contribution in [3.63, 3.8) is 0 Å². The minimum absolute atomic E-state index is 0.311. The summed E-state index contributed by atoms with van der Waals surface area (Å²) in [7, 11) is 0. The highest BCUT2D eigenvalue weighted by molar-refractivity contribution is 8.03. The predicted molar refractivity (Wildman–Crippen MR) is 151 cm³/mol. The number of thioether (sulfide) groups is 1. The Bertz CT molecular complexity index is 882. The van der Waals surface area contributed by atoms with Crippen LogP contribution in [-0.4, -0.2) is 18.5 Å². The van der Waals surface area contributed by atoms with Crippen LogP contribution in [0.1, 0.15) is 92.9 Å². The molecule has 0 N–H and O–H groups in total. The molecule has 0 fully saturated rings. The van der Waals surface area contributed by atoms with Gasteiger partial charge in [0.25, 0.3) is 0 Å². The standard InChI is InChI=1S/C30H48O2S2/c1-21(2)9-7-11-23(5)13-17-31-27-25-15-19-34-30(25)28(26-16-20-33-29(26)27)32-18-14-24(6)12-8-10-22(3)4/h15-16,19-25,30H,7-14,17-18H2,1-6H3. The van der Waals surface area contributed by atoms with E-state index in [1.807, 2.05) is 23.1 Å². The van der Waals surface area contributed by atoms with Crippen LogP contribution in [0.25, 0.3) is 11.5 Å². The highest BCUT2D eigenvalue weighted by Crippen LogP contribution is 2.41. The first kappa shape index (κ1) is 27.7. The van der Waals surface area contributed by atoms with Crippen molar-refractivity contribution in [1.29, 1.82) is 0 Å². The molecule has 2 nitrogen and oxygen atoms in total. The summed E-state index contributed by atoms with van der Waals surface area (Å²) < 4.78 is 14.3. The lowest BCUT2D eigenvalue weighted by Crippen LogP contribution is -2.39. The molecule has 0 saturated carbocycles. The Balaban J connectivity index is 1.60. The van der Waals surface area contributed by atoms with Crippen LogP contribution in [0.3, 0.4) is 0 Å². The molecule has 3 rings (SSSR count). The minimum atomic E-state index is 0.311. The molecule has 192 valence electrons. The third kappa shape index (κ3) is 8.08. The Kier molecular flexibility index (Phi) is 11.4. The number of thiophene rings is 1. The Morgan fingerprint density at radius 3 is 1.94 bits per heavy atom. The lowest BCUT2D eigenvalue weighted by atomic mass is 9.95. The second-order valence-corrected chi connectivity index (χ2v) is 13.4. The highest BCUT2D eigenvalue weighted by atomic mass is 32.2. The van der Waals surface area contributed by atoms with Gasteiger partial charge in [-0.25, -0.2) is 0 Å². The average molecular weight is 505 g/mol. The molecule has 4 unspecified atom stereocenters. The summed E-state index contributed by atoms with van der Waals surface area (Å²) in [5, 5.41) is 6.06. The monoisotopic (exact) mass is 504 g/mol. The molecule has 4 atom stereocenters. The van der Waals surface area contributed by atoms with Crippen molar-refractivity contribution in [3.8, 4) is 0 Å². The van der Waals surface area contributed by atoms with E-state index in [9.17, 15) is 0 Å². The first-order valence-electron chi connectivity index (χ1n) is 13.8. The average Bonchev–Trinajstić information content (AvgIpc) is 3.44. The fraction of sp³-hybridized carbons (Fsp3) is 0.733. The zero-order chi connectivity index (χ0) is 24.5. The minimum Gasteiger partial charge on any atom is -0.496 e. The van der Waals surface area contributed by atoms with E-state index in [-0.39, 0.29) is 0 Å². The van der Waals surface area contributed by atoms with Crippen LogP contribution in [0.5, 0.6) is 0 Å². The SMILES string of the molecule is CC(C)CCCC(C)CCOC1=c2ccsc2=C(OCCC(C)CCCC(C)C)C2C=CSC12. The maximum Gasteiger partial charge on any atom is 0.122 e. The summed E-state index contributed by atoms with van der Waals surface area (Å²) in [5.41, 5.74) is 0. The maximum absolute atomic E-state index is 6.53. The molecule has 2 aliphatic rings. The van der Waals surface area contributed by atoms with Crippen molar-refractivity contribution in [2.24, 2.45) is 29.6 Å². The molecule has 0 saturated heterocycles. The summed E-state index contributed by atoms with van der Waals surface area (Å²) in [6.07, 6.45) is 12.6. The maximum atomic E-state index is 6.53. The van der Waals surface area contributed by atoms with Crippen molar-refractivity contribution in [2.75, 3.05) is 13.2 Å². The number of ether oxygens (including phenoxy) is 2. The molecule has 34 heavy (non-hydrogen) atoms. The van der Waals surface area contributed by atoms with Crippen LogP contribution in [0.15, 0.2) is 22.9 Å². The summed E-state index contributed by atoms with van der Waals surface area (Å²) in [6.45, 7) is 15.7. The fourth-order valence-electron chi connectivity index (χ4n) is 4.95. The number of hydrogen-bond acceptors (Lipinski definition) is 4. The zero-order valence-electron chi connectivity index (χ0n) is 22.5. The molecular weight excluding hydrogens is 456 g/mol. The smallest absolute Gasteiger partial charge is 0.122 e. The molecule has 0 spiro atoms. The summed E-state index contributed by atoms with van der Waals surface area (Å²) in [5.74, 6) is 5.74. The van der Waals surface area contributed by atoms with Crippen LogP contribution in [0, 0.1) is 29.6 Å². The van der Waals surface area contributed by atoms with E-state index in [1.165, 1.54) is 59.8 Å². The second kappa shape index (κ2) is 14.0. The lowest BCUT2D eigenvalue weighted by molar-refractivity contribution is 0.209. The van der Waals surface area contributed by atoms with Crippen LogP contribution in [-0.2, 0) is 9.47 Å². The summed E-state index contributed by atoms with van der Waals surface area (Å²) >= 11 is 3.71. The highest BCUT2D eigenvalue weighted by Gasteiger charge is 2.37. The van der Waals surface area contributed by atoms with Crippen molar-refractivity contribution in [3.05, 3.63) is 32.7 Å². The van der Waals surface area contributed by atoms with Gasteiger partial charge >= 0.3 is 0 Å². The first-order valence-corrected chi connectivity index (χ1v) is 15.6. The van der Waals surface area contributed by atoms with E-state index in [4.69, 9.17) is 9.47 Å². The Morgan fingerprint density at radius 1 is 0.765 bits per heavy atom. The van der Waals surface area contributed by atoms with Gasteiger partial charge in [0.05, 0.1) is 28.9 Å². The molecule has 1 aromatic heterocycles. The molecule has 0 radical (unpaired) electrons. The van der Waals surface area contributed by atoms with E-state index in [2.05, 4.69) is 64.5 Å². The van der Waals surface area contributed by atoms with E-state index in [0.717, 1.165) is 49.7 Å². The van der Waals surface area contributed by atoms with E-state index < -0.39 is 0 Å².